The summed E-state index contributed by atoms with van der Waals surface area (Å²) in [5.74, 6) is 0. The zero-order valence-corrected chi connectivity index (χ0v) is 33.1. The summed E-state index contributed by atoms with van der Waals surface area (Å²) in [6, 6.07) is 66.3. The monoisotopic (exact) mass is 747 g/mol. The molecule has 9 aromatic rings. The second kappa shape index (κ2) is 13.0. The summed E-state index contributed by atoms with van der Waals surface area (Å²) in [5, 5.41) is 2.24. The van der Waals surface area contributed by atoms with Crippen LogP contribution in [0.2, 0.25) is 0 Å². The first-order valence-electron chi connectivity index (χ1n) is 20.2. The predicted molar refractivity (Wildman–Crippen MR) is 246 cm³/mol. The van der Waals surface area contributed by atoms with Gasteiger partial charge in [0.05, 0.1) is 11.4 Å². The van der Waals surface area contributed by atoms with E-state index in [4.69, 9.17) is 4.42 Å². The standard InChI is InChI=1S/C53H42BN3O/c1-35-19-11-14-29-44(35)57(47-32-18-25-40-39-24-17-26-41(53(2,3)4)51(39)58-52(40)47)38-33-48-50-49(34-38)56(37-22-9-6-10-23-37)46-31-16-13-28-43(46)54(50)42-27-12-15-30-45(42)55(48)36-20-7-5-8-21-36/h5-34H,1-4H3. The van der Waals surface area contributed by atoms with Crippen LogP contribution in [-0.4, -0.2) is 6.71 Å². The quantitative estimate of drug-likeness (QED) is 0.164. The van der Waals surface area contributed by atoms with Crippen LogP contribution in [0.25, 0.3) is 21.9 Å². The fraction of sp³-hybridized carbons (Fsp3) is 0.0943. The van der Waals surface area contributed by atoms with E-state index >= 15 is 0 Å². The average Bonchev–Trinajstić information content (AvgIpc) is 3.64. The SMILES string of the molecule is Cc1ccccc1N(c1cc2c3c(c1)N(c1ccccc1)c1ccccc1B3c1ccccc1N2c1ccccc1)c1cccc2c1oc1c(C(C)(C)C)cccc12. The highest BCUT2D eigenvalue weighted by atomic mass is 16.3. The van der Waals surface area contributed by atoms with Crippen molar-refractivity contribution in [1.29, 1.82) is 0 Å². The molecule has 2 aliphatic rings. The molecule has 8 aromatic carbocycles. The van der Waals surface area contributed by atoms with E-state index in [-0.39, 0.29) is 12.1 Å². The van der Waals surface area contributed by atoms with E-state index in [1.165, 1.54) is 38.9 Å². The Morgan fingerprint density at radius 3 is 1.57 bits per heavy atom. The molecule has 278 valence electrons. The van der Waals surface area contributed by atoms with Crippen molar-refractivity contribution in [3.8, 4) is 0 Å². The number of benzene rings is 8. The van der Waals surface area contributed by atoms with E-state index in [2.05, 4.69) is 224 Å². The maximum absolute atomic E-state index is 7.11. The molecular formula is C53H42BN3O. The zero-order chi connectivity index (χ0) is 39.1. The van der Waals surface area contributed by atoms with Crippen LogP contribution in [0, 0.1) is 6.92 Å². The van der Waals surface area contributed by atoms with Gasteiger partial charge in [-0.15, -0.1) is 0 Å². The van der Waals surface area contributed by atoms with Crippen LogP contribution in [0.15, 0.2) is 186 Å². The molecule has 0 amide bonds. The molecule has 1 aromatic heterocycles. The molecule has 2 aliphatic heterocycles. The first-order valence-corrected chi connectivity index (χ1v) is 20.2. The largest absolute Gasteiger partial charge is 0.454 e. The van der Waals surface area contributed by atoms with Crippen molar-refractivity contribution in [1.82, 2.24) is 0 Å². The Balaban J connectivity index is 1.27. The van der Waals surface area contributed by atoms with Crippen molar-refractivity contribution in [2.24, 2.45) is 0 Å². The Kier molecular flexibility index (Phi) is 7.71. The molecule has 4 nitrogen and oxygen atoms in total. The summed E-state index contributed by atoms with van der Waals surface area (Å²) in [4.78, 5) is 7.37. The van der Waals surface area contributed by atoms with Gasteiger partial charge in [-0.05, 0) is 95.0 Å². The van der Waals surface area contributed by atoms with E-state index in [9.17, 15) is 0 Å². The van der Waals surface area contributed by atoms with Gasteiger partial charge >= 0.3 is 0 Å². The molecule has 0 fully saturated rings. The van der Waals surface area contributed by atoms with Crippen LogP contribution in [0.5, 0.6) is 0 Å². The van der Waals surface area contributed by atoms with Crippen LogP contribution in [0.3, 0.4) is 0 Å². The highest BCUT2D eigenvalue weighted by Gasteiger charge is 2.43. The van der Waals surface area contributed by atoms with Gasteiger partial charge in [-0.3, -0.25) is 0 Å². The molecule has 11 rings (SSSR count). The van der Waals surface area contributed by atoms with E-state index in [0.717, 1.165) is 61.8 Å². The van der Waals surface area contributed by atoms with Gasteiger partial charge in [0.15, 0.2) is 5.58 Å². The number of aryl methyl sites for hydroxylation is 1. The number of hydrogen-bond acceptors (Lipinski definition) is 4. The molecule has 0 bridgehead atoms. The van der Waals surface area contributed by atoms with Crippen molar-refractivity contribution in [3.63, 3.8) is 0 Å². The number of fused-ring (bicyclic) bond motifs is 7. The number of furan rings is 1. The van der Waals surface area contributed by atoms with E-state index in [1.54, 1.807) is 0 Å². The molecule has 0 spiro atoms. The summed E-state index contributed by atoms with van der Waals surface area (Å²) < 4.78 is 7.11. The van der Waals surface area contributed by atoms with Gasteiger partial charge < -0.3 is 19.1 Å². The number of rotatable bonds is 5. The molecule has 0 atom stereocenters. The average molecular weight is 748 g/mol. The van der Waals surface area contributed by atoms with Crippen molar-refractivity contribution in [2.45, 2.75) is 33.1 Å². The van der Waals surface area contributed by atoms with Crippen LogP contribution in [-0.2, 0) is 5.41 Å². The van der Waals surface area contributed by atoms with Crippen molar-refractivity contribution in [3.05, 3.63) is 193 Å². The molecule has 0 aliphatic carbocycles. The lowest BCUT2D eigenvalue weighted by molar-refractivity contribution is 0.573. The summed E-state index contributed by atoms with van der Waals surface area (Å²) >= 11 is 0. The van der Waals surface area contributed by atoms with Crippen LogP contribution in [0.1, 0.15) is 31.9 Å². The summed E-state index contributed by atoms with van der Waals surface area (Å²) in [6.45, 7) is 9.02. The molecular weight excluding hydrogens is 705 g/mol. The van der Waals surface area contributed by atoms with Gasteiger partial charge in [0, 0.05) is 56.1 Å². The van der Waals surface area contributed by atoms with Crippen LogP contribution < -0.4 is 31.1 Å². The highest BCUT2D eigenvalue weighted by molar-refractivity contribution is 7.00. The maximum atomic E-state index is 7.11. The molecule has 0 saturated heterocycles. The molecule has 5 heteroatoms. The molecule has 58 heavy (non-hydrogen) atoms. The molecule has 0 radical (unpaired) electrons. The Labute approximate surface area is 340 Å². The number of hydrogen-bond donors (Lipinski definition) is 0. The van der Waals surface area contributed by atoms with Gasteiger partial charge in [0.2, 0.25) is 0 Å². The van der Waals surface area contributed by atoms with E-state index < -0.39 is 0 Å². The predicted octanol–water partition coefficient (Wildman–Crippen LogP) is 12.7. The van der Waals surface area contributed by atoms with Crippen LogP contribution >= 0.6 is 0 Å². The highest BCUT2D eigenvalue weighted by Crippen LogP contribution is 2.50. The lowest BCUT2D eigenvalue weighted by atomic mass is 9.33. The maximum Gasteiger partial charge on any atom is 0.252 e. The topological polar surface area (TPSA) is 22.9 Å². The van der Waals surface area contributed by atoms with Gasteiger partial charge in [-0.25, -0.2) is 0 Å². The second-order valence-corrected chi connectivity index (χ2v) is 16.6. The minimum Gasteiger partial charge on any atom is -0.454 e. The van der Waals surface area contributed by atoms with Crippen LogP contribution in [0.4, 0.5) is 51.2 Å². The smallest absolute Gasteiger partial charge is 0.252 e. The molecule has 0 saturated carbocycles. The normalized spacial score (nSPS) is 13.1. The van der Waals surface area contributed by atoms with E-state index in [0.29, 0.717) is 0 Å². The summed E-state index contributed by atoms with van der Waals surface area (Å²) in [6.07, 6.45) is 0. The Hall–Kier alpha value is -6.98. The molecule has 0 N–H and O–H groups in total. The van der Waals surface area contributed by atoms with Gasteiger partial charge in [0.25, 0.3) is 6.71 Å². The minimum atomic E-state index is -0.0880. The van der Waals surface area contributed by atoms with Crippen molar-refractivity contribution < 1.29 is 4.42 Å². The third kappa shape index (κ3) is 5.16. The Bertz CT molecular complexity index is 2930. The number of anilines is 9. The summed E-state index contributed by atoms with van der Waals surface area (Å²) in [5.41, 5.74) is 18.1. The lowest BCUT2D eigenvalue weighted by Gasteiger charge is -2.45. The van der Waals surface area contributed by atoms with Gasteiger partial charge in [-0.2, -0.15) is 0 Å². The zero-order valence-electron chi connectivity index (χ0n) is 33.1. The van der Waals surface area contributed by atoms with Crippen molar-refractivity contribution in [2.75, 3.05) is 14.7 Å². The second-order valence-electron chi connectivity index (χ2n) is 16.6. The first kappa shape index (κ1) is 34.3. The summed E-state index contributed by atoms with van der Waals surface area (Å²) in [7, 11) is 0. The van der Waals surface area contributed by atoms with Gasteiger partial charge in [-0.1, -0.05) is 142 Å². The fourth-order valence-corrected chi connectivity index (χ4v) is 9.52. The number of para-hydroxylation sites is 7. The lowest BCUT2D eigenvalue weighted by Crippen LogP contribution is -2.61. The molecule has 0 unspecified atom stereocenters. The van der Waals surface area contributed by atoms with Crippen molar-refractivity contribution >= 4 is 96.2 Å². The Morgan fingerprint density at radius 1 is 0.483 bits per heavy atom. The first-order chi connectivity index (χ1) is 28.4. The fourth-order valence-electron chi connectivity index (χ4n) is 9.52. The number of nitrogens with zero attached hydrogens (tertiary/aromatic N) is 3. The van der Waals surface area contributed by atoms with E-state index in [1.807, 2.05) is 0 Å². The van der Waals surface area contributed by atoms with Gasteiger partial charge in [0.1, 0.15) is 5.58 Å². The Morgan fingerprint density at radius 2 is 0.983 bits per heavy atom. The minimum absolute atomic E-state index is 0.0351. The third-order valence-electron chi connectivity index (χ3n) is 12.1. The third-order valence-corrected chi connectivity index (χ3v) is 12.1. The molecule has 3 heterocycles.